The second-order valence-electron chi connectivity index (χ2n) is 4.66. The Labute approximate surface area is 101 Å². The van der Waals surface area contributed by atoms with Crippen molar-refractivity contribution in [3.8, 4) is 0 Å². The van der Waals surface area contributed by atoms with Crippen molar-refractivity contribution in [2.75, 3.05) is 20.3 Å². The summed E-state index contributed by atoms with van der Waals surface area (Å²) in [6, 6.07) is 0.361. The van der Waals surface area contributed by atoms with Crippen LogP contribution < -0.4 is 5.32 Å². The Balaban J connectivity index is 2.12. The molecule has 1 aliphatic heterocycles. The standard InChI is InChI=1S/C12H20N2OS/c1-8(2)10-7-16-12(14-10)11(13-3)9-4-5-15-6-9/h7-9,11,13H,4-6H2,1-3H3. The molecule has 0 spiro atoms. The Bertz CT molecular complexity index is 332. The molecule has 1 aromatic heterocycles. The molecule has 1 aromatic rings. The molecule has 2 unspecified atom stereocenters. The van der Waals surface area contributed by atoms with Gasteiger partial charge in [-0.3, -0.25) is 0 Å². The zero-order valence-electron chi connectivity index (χ0n) is 10.2. The van der Waals surface area contributed by atoms with Gasteiger partial charge in [0.25, 0.3) is 0 Å². The first-order valence-electron chi connectivity index (χ1n) is 5.92. The highest BCUT2D eigenvalue weighted by molar-refractivity contribution is 7.09. The molecular formula is C12H20N2OS. The maximum atomic E-state index is 5.45. The van der Waals surface area contributed by atoms with Crippen LogP contribution in [0.5, 0.6) is 0 Å². The molecule has 2 heterocycles. The first-order chi connectivity index (χ1) is 7.72. The van der Waals surface area contributed by atoms with E-state index in [0.29, 0.717) is 17.9 Å². The molecule has 0 saturated carbocycles. The molecule has 1 N–H and O–H groups in total. The van der Waals surface area contributed by atoms with Crippen LogP contribution in [0.25, 0.3) is 0 Å². The van der Waals surface area contributed by atoms with Gasteiger partial charge >= 0.3 is 0 Å². The van der Waals surface area contributed by atoms with Crippen molar-refractivity contribution in [3.63, 3.8) is 0 Å². The SMILES string of the molecule is CNC(c1nc(C(C)C)cs1)C1CCOC1. The zero-order valence-corrected chi connectivity index (χ0v) is 11.0. The number of aromatic nitrogens is 1. The minimum absolute atomic E-state index is 0.361. The van der Waals surface area contributed by atoms with Gasteiger partial charge in [0.1, 0.15) is 5.01 Å². The Morgan fingerprint density at radius 1 is 1.56 bits per heavy atom. The van der Waals surface area contributed by atoms with Gasteiger partial charge in [0.05, 0.1) is 18.3 Å². The summed E-state index contributed by atoms with van der Waals surface area (Å²) < 4.78 is 5.45. The molecular weight excluding hydrogens is 220 g/mol. The van der Waals surface area contributed by atoms with Gasteiger partial charge in [-0.2, -0.15) is 0 Å². The molecule has 0 bridgehead atoms. The summed E-state index contributed by atoms with van der Waals surface area (Å²) in [4.78, 5) is 4.73. The number of nitrogens with one attached hydrogen (secondary N) is 1. The minimum Gasteiger partial charge on any atom is -0.381 e. The van der Waals surface area contributed by atoms with Gasteiger partial charge in [-0.05, 0) is 19.4 Å². The average Bonchev–Trinajstić information content (AvgIpc) is 2.88. The van der Waals surface area contributed by atoms with E-state index < -0.39 is 0 Å². The maximum absolute atomic E-state index is 5.45. The molecule has 1 fully saturated rings. The van der Waals surface area contributed by atoms with E-state index in [4.69, 9.17) is 9.72 Å². The van der Waals surface area contributed by atoms with Crippen molar-refractivity contribution < 1.29 is 4.74 Å². The van der Waals surface area contributed by atoms with Crippen LogP contribution in [0.4, 0.5) is 0 Å². The fourth-order valence-corrected chi connectivity index (χ4v) is 3.27. The van der Waals surface area contributed by atoms with Crippen molar-refractivity contribution in [3.05, 3.63) is 16.1 Å². The molecule has 0 radical (unpaired) electrons. The molecule has 0 aromatic carbocycles. The van der Waals surface area contributed by atoms with Crippen LogP contribution in [0.3, 0.4) is 0 Å². The zero-order chi connectivity index (χ0) is 11.5. The number of hydrogen-bond acceptors (Lipinski definition) is 4. The van der Waals surface area contributed by atoms with E-state index in [9.17, 15) is 0 Å². The van der Waals surface area contributed by atoms with Gasteiger partial charge in [0.15, 0.2) is 0 Å². The molecule has 2 rings (SSSR count). The van der Waals surface area contributed by atoms with Crippen LogP contribution in [0.15, 0.2) is 5.38 Å². The molecule has 16 heavy (non-hydrogen) atoms. The third kappa shape index (κ3) is 2.44. The quantitative estimate of drug-likeness (QED) is 0.878. The monoisotopic (exact) mass is 240 g/mol. The first-order valence-corrected chi connectivity index (χ1v) is 6.80. The van der Waals surface area contributed by atoms with E-state index in [1.165, 1.54) is 10.7 Å². The van der Waals surface area contributed by atoms with Gasteiger partial charge in [0.2, 0.25) is 0 Å². The summed E-state index contributed by atoms with van der Waals surface area (Å²) in [6.45, 7) is 6.13. The van der Waals surface area contributed by atoms with Crippen molar-refractivity contribution in [2.24, 2.45) is 5.92 Å². The fraction of sp³-hybridized carbons (Fsp3) is 0.750. The highest BCUT2D eigenvalue weighted by Crippen LogP contribution is 2.31. The third-order valence-corrected chi connectivity index (χ3v) is 4.09. The number of ether oxygens (including phenoxy) is 1. The van der Waals surface area contributed by atoms with Crippen molar-refractivity contribution >= 4 is 11.3 Å². The molecule has 4 heteroatoms. The normalized spacial score (nSPS) is 22.9. The topological polar surface area (TPSA) is 34.2 Å². The number of hydrogen-bond donors (Lipinski definition) is 1. The summed E-state index contributed by atoms with van der Waals surface area (Å²) in [6.07, 6.45) is 1.14. The lowest BCUT2D eigenvalue weighted by Gasteiger charge is -2.19. The van der Waals surface area contributed by atoms with Crippen molar-refractivity contribution in [2.45, 2.75) is 32.2 Å². The molecule has 0 amide bonds. The second-order valence-corrected chi connectivity index (χ2v) is 5.55. The first kappa shape index (κ1) is 12.0. The third-order valence-electron chi connectivity index (χ3n) is 3.14. The van der Waals surface area contributed by atoms with E-state index in [1.54, 1.807) is 11.3 Å². The Kier molecular flexibility index (Phi) is 3.95. The van der Waals surface area contributed by atoms with Crippen LogP contribution in [-0.2, 0) is 4.74 Å². The lowest BCUT2D eigenvalue weighted by molar-refractivity contribution is 0.177. The summed E-state index contributed by atoms with van der Waals surface area (Å²) in [5.41, 5.74) is 1.21. The summed E-state index contributed by atoms with van der Waals surface area (Å²) in [7, 11) is 2.01. The predicted octanol–water partition coefficient (Wildman–Crippen LogP) is 2.56. The molecule has 90 valence electrons. The van der Waals surface area contributed by atoms with Gasteiger partial charge < -0.3 is 10.1 Å². The van der Waals surface area contributed by atoms with E-state index in [2.05, 4.69) is 24.5 Å². The largest absolute Gasteiger partial charge is 0.381 e. The summed E-state index contributed by atoms with van der Waals surface area (Å²) >= 11 is 1.77. The highest BCUT2D eigenvalue weighted by atomic mass is 32.1. The Hall–Kier alpha value is -0.450. The van der Waals surface area contributed by atoms with E-state index in [-0.39, 0.29) is 0 Å². The molecule has 0 aliphatic carbocycles. The van der Waals surface area contributed by atoms with Crippen molar-refractivity contribution in [1.82, 2.24) is 10.3 Å². The van der Waals surface area contributed by atoms with Gasteiger partial charge in [0, 0.05) is 17.9 Å². The fourth-order valence-electron chi connectivity index (χ4n) is 2.09. The van der Waals surface area contributed by atoms with Crippen LogP contribution >= 0.6 is 11.3 Å². The lowest BCUT2D eigenvalue weighted by Crippen LogP contribution is -2.25. The highest BCUT2D eigenvalue weighted by Gasteiger charge is 2.28. The Morgan fingerprint density at radius 2 is 2.38 bits per heavy atom. The smallest absolute Gasteiger partial charge is 0.110 e. The molecule has 2 atom stereocenters. The molecule has 1 aliphatic rings. The van der Waals surface area contributed by atoms with E-state index >= 15 is 0 Å². The van der Waals surface area contributed by atoms with Crippen LogP contribution in [0.2, 0.25) is 0 Å². The van der Waals surface area contributed by atoms with Gasteiger partial charge in [-0.1, -0.05) is 13.8 Å². The average molecular weight is 240 g/mol. The lowest BCUT2D eigenvalue weighted by atomic mass is 10.00. The van der Waals surface area contributed by atoms with E-state index in [0.717, 1.165) is 19.6 Å². The Morgan fingerprint density at radius 3 is 2.88 bits per heavy atom. The summed E-state index contributed by atoms with van der Waals surface area (Å²) in [5.74, 6) is 1.10. The van der Waals surface area contributed by atoms with Crippen molar-refractivity contribution in [1.29, 1.82) is 0 Å². The van der Waals surface area contributed by atoms with Crippen LogP contribution in [0.1, 0.15) is 42.9 Å². The van der Waals surface area contributed by atoms with E-state index in [1.807, 2.05) is 7.05 Å². The molecule has 1 saturated heterocycles. The predicted molar refractivity (Wildman–Crippen MR) is 66.9 cm³/mol. The minimum atomic E-state index is 0.361. The second kappa shape index (κ2) is 5.25. The summed E-state index contributed by atoms with van der Waals surface area (Å²) in [5, 5.41) is 6.77. The van der Waals surface area contributed by atoms with Crippen LogP contribution in [-0.4, -0.2) is 25.2 Å². The number of thiazole rings is 1. The number of rotatable bonds is 4. The van der Waals surface area contributed by atoms with Gasteiger partial charge in [-0.15, -0.1) is 11.3 Å². The molecule has 3 nitrogen and oxygen atoms in total. The number of nitrogens with zero attached hydrogens (tertiary/aromatic N) is 1. The van der Waals surface area contributed by atoms with Crippen LogP contribution in [0, 0.1) is 5.92 Å². The van der Waals surface area contributed by atoms with Gasteiger partial charge in [-0.25, -0.2) is 4.98 Å². The maximum Gasteiger partial charge on any atom is 0.110 e.